The Morgan fingerprint density at radius 1 is 1.12 bits per heavy atom. The van der Waals surface area contributed by atoms with Gasteiger partial charge in [-0.05, 0) is 23.8 Å². The molecule has 0 amide bonds. The maximum atomic E-state index is 12.0. The topological polar surface area (TPSA) is 106 Å². The molecule has 0 bridgehead atoms. The molecule has 24 heavy (non-hydrogen) atoms. The molecule has 7 heteroatoms. The predicted molar refractivity (Wildman–Crippen MR) is 90.0 cm³/mol. The minimum Gasteiger partial charge on any atom is -0.508 e. The summed E-state index contributed by atoms with van der Waals surface area (Å²) >= 11 is 0. The first-order valence-electron chi connectivity index (χ1n) is 7.33. The second-order valence-corrected chi connectivity index (χ2v) is 5.39. The molecule has 0 aliphatic carbocycles. The molecule has 0 spiro atoms. The zero-order valence-corrected chi connectivity index (χ0v) is 12.5. The molecule has 7 nitrogen and oxygen atoms in total. The van der Waals surface area contributed by atoms with E-state index in [-0.39, 0.29) is 18.0 Å². The van der Waals surface area contributed by atoms with Gasteiger partial charge < -0.3 is 10.8 Å². The highest BCUT2D eigenvalue weighted by Crippen LogP contribution is 2.32. The maximum Gasteiger partial charge on any atom is 0.180 e. The maximum absolute atomic E-state index is 12.0. The first-order chi connectivity index (χ1) is 11.6. The van der Waals surface area contributed by atoms with Gasteiger partial charge in [-0.15, -0.1) is 5.10 Å². The molecule has 0 saturated carbocycles. The highest BCUT2D eigenvalue weighted by Gasteiger charge is 2.20. The second kappa shape index (κ2) is 5.31. The van der Waals surface area contributed by atoms with Gasteiger partial charge in [0.25, 0.3) is 0 Å². The molecule has 0 atom stereocenters. The van der Waals surface area contributed by atoms with E-state index in [4.69, 9.17) is 5.73 Å². The SMILES string of the molecule is Nc1nn(-c2nccc3c2N=CCC3=O)cc1-c1ccc(O)cc1. The number of benzene rings is 1. The van der Waals surface area contributed by atoms with Crippen molar-refractivity contribution in [3.63, 3.8) is 0 Å². The molecule has 4 rings (SSSR count). The molecule has 118 valence electrons. The Labute approximate surface area is 137 Å². The van der Waals surface area contributed by atoms with Gasteiger partial charge in [0.1, 0.15) is 11.4 Å². The van der Waals surface area contributed by atoms with E-state index in [0.717, 1.165) is 5.56 Å². The van der Waals surface area contributed by atoms with Crippen molar-refractivity contribution in [1.82, 2.24) is 14.8 Å². The fourth-order valence-electron chi connectivity index (χ4n) is 2.65. The predicted octanol–water partition coefficient (Wildman–Crippen LogP) is 2.51. The van der Waals surface area contributed by atoms with Crippen molar-refractivity contribution in [3.8, 4) is 22.7 Å². The van der Waals surface area contributed by atoms with Gasteiger partial charge in [0, 0.05) is 36.2 Å². The number of pyridine rings is 1. The Kier molecular flexibility index (Phi) is 3.13. The molecule has 3 aromatic rings. The van der Waals surface area contributed by atoms with Crippen LogP contribution in [0.2, 0.25) is 0 Å². The van der Waals surface area contributed by atoms with Crippen LogP contribution < -0.4 is 5.73 Å². The summed E-state index contributed by atoms with van der Waals surface area (Å²) in [5.74, 6) is 0.957. The number of nitrogens with zero attached hydrogens (tertiary/aromatic N) is 4. The van der Waals surface area contributed by atoms with Crippen molar-refractivity contribution in [1.29, 1.82) is 0 Å². The Balaban J connectivity index is 1.84. The average molecular weight is 319 g/mol. The third-order valence-electron chi connectivity index (χ3n) is 3.84. The number of aliphatic imine (C=N–C) groups is 1. The number of Topliss-reactive ketones (excluding diaryl/α,β-unsaturated/α-hetero) is 1. The van der Waals surface area contributed by atoms with Gasteiger partial charge in [0.2, 0.25) is 0 Å². The van der Waals surface area contributed by atoms with Crippen LogP contribution >= 0.6 is 0 Å². The number of aromatic nitrogens is 3. The fraction of sp³-hybridized carbons (Fsp3) is 0.0588. The number of rotatable bonds is 2. The lowest BCUT2D eigenvalue weighted by Gasteiger charge is -2.11. The fourth-order valence-corrected chi connectivity index (χ4v) is 2.65. The van der Waals surface area contributed by atoms with Gasteiger partial charge in [-0.1, -0.05) is 12.1 Å². The molecule has 0 saturated heterocycles. The monoisotopic (exact) mass is 319 g/mol. The molecular formula is C17H13N5O2. The Hall–Kier alpha value is -3.48. The highest BCUT2D eigenvalue weighted by molar-refractivity contribution is 6.10. The van der Waals surface area contributed by atoms with Gasteiger partial charge in [-0.25, -0.2) is 9.67 Å². The number of hydrogen-bond donors (Lipinski definition) is 2. The van der Waals surface area contributed by atoms with Gasteiger partial charge in [-0.2, -0.15) is 0 Å². The Bertz CT molecular complexity index is 973. The van der Waals surface area contributed by atoms with E-state index in [9.17, 15) is 9.90 Å². The zero-order chi connectivity index (χ0) is 16.7. The number of hydrogen-bond acceptors (Lipinski definition) is 6. The lowest BCUT2D eigenvalue weighted by molar-refractivity contribution is 0.100. The van der Waals surface area contributed by atoms with Crippen LogP contribution in [-0.4, -0.2) is 31.9 Å². The first-order valence-corrected chi connectivity index (χ1v) is 7.33. The number of phenolic OH excluding ortho intramolecular Hbond substituents is 1. The number of fused-ring (bicyclic) bond motifs is 1. The summed E-state index contributed by atoms with van der Waals surface area (Å²) in [6.07, 6.45) is 5.16. The van der Waals surface area contributed by atoms with Crippen LogP contribution in [-0.2, 0) is 0 Å². The van der Waals surface area contributed by atoms with Crippen molar-refractivity contribution in [2.24, 2.45) is 4.99 Å². The Morgan fingerprint density at radius 2 is 1.92 bits per heavy atom. The molecule has 0 unspecified atom stereocenters. The molecule has 3 N–H and O–H groups in total. The normalized spacial score (nSPS) is 13.1. The van der Waals surface area contributed by atoms with Gasteiger partial charge in [0.15, 0.2) is 17.4 Å². The molecule has 2 aromatic heterocycles. The van der Waals surface area contributed by atoms with Crippen LogP contribution in [0.15, 0.2) is 47.7 Å². The van der Waals surface area contributed by atoms with Crippen LogP contribution in [0.5, 0.6) is 5.75 Å². The van der Waals surface area contributed by atoms with Crippen LogP contribution in [0.25, 0.3) is 16.9 Å². The standard InChI is InChI=1S/C17H13N5O2/c18-16-13(10-1-3-11(23)4-2-10)9-22(21-16)17-15-12(5-7-20-17)14(24)6-8-19-15/h1-5,7-9,23H,6H2,(H2,18,21). The molecule has 1 aliphatic heterocycles. The summed E-state index contributed by atoms with van der Waals surface area (Å²) < 4.78 is 1.52. The number of anilines is 1. The largest absolute Gasteiger partial charge is 0.508 e. The van der Waals surface area contributed by atoms with Crippen molar-refractivity contribution in [2.75, 3.05) is 5.73 Å². The third-order valence-corrected chi connectivity index (χ3v) is 3.84. The smallest absolute Gasteiger partial charge is 0.180 e. The summed E-state index contributed by atoms with van der Waals surface area (Å²) in [7, 11) is 0. The summed E-state index contributed by atoms with van der Waals surface area (Å²) in [5, 5.41) is 13.7. The van der Waals surface area contributed by atoms with Crippen LogP contribution in [0.1, 0.15) is 16.8 Å². The minimum atomic E-state index is 0.00235. The number of carbonyl (C=O) groups is 1. The van der Waals surface area contributed by atoms with E-state index in [1.54, 1.807) is 48.9 Å². The van der Waals surface area contributed by atoms with E-state index in [1.165, 1.54) is 4.68 Å². The third kappa shape index (κ3) is 2.23. The molecular weight excluding hydrogens is 306 g/mol. The minimum absolute atomic E-state index is 0.00235. The zero-order valence-electron chi connectivity index (χ0n) is 12.5. The van der Waals surface area contributed by atoms with Gasteiger partial charge >= 0.3 is 0 Å². The number of carbonyl (C=O) groups excluding carboxylic acids is 1. The van der Waals surface area contributed by atoms with E-state index in [2.05, 4.69) is 15.1 Å². The van der Waals surface area contributed by atoms with Crippen molar-refractivity contribution < 1.29 is 9.90 Å². The Morgan fingerprint density at radius 3 is 2.71 bits per heavy atom. The van der Waals surface area contributed by atoms with Crippen LogP contribution in [0.4, 0.5) is 11.5 Å². The van der Waals surface area contributed by atoms with Crippen molar-refractivity contribution >= 4 is 23.5 Å². The molecule has 0 radical (unpaired) electrons. The van der Waals surface area contributed by atoms with Gasteiger partial charge in [-0.3, -0.25) is 9.79 Å². The number of phenols is 1. The quantitative estimate of drug-likeness (QED) is 0.755. The number of ketones is 1. The average Bonchev–Trinajstić information content (AvgIpc) is 2.97. The summed E-state index contributed by atoms with van der Waals surface area (Å²) in [5.41, 5.74) is 8.58. The summed E-state index contributed by atoms with van der Waals surface area (Å²) in [4.78, 5) is 20.6. The summed E-state index contributed by atoms with van der Waals surface area (Å²) in [6, 6.07) is 8.33. The lowest BCUT2D eigenvalue weighted by atomic mass is 10.1. The molecule has 1 aromatic carbocycles. The number of nitrogen functional groups attached to an aromatic ring is 1. The lowest BCUT2D eigenvalue weighted by Crippen LogP contribution is -2.09. The van der Waals surface area contributed by atoms with E-state index < -0.39 is 0 Å². The molecule has 0 fully saturated rings. The molecule has 1 aliphatic rings. The van der Waals surface area contributed by atoms with Crippen molar-refractivity contribution in [3.05, 3.63) is 48.3 Å². The van der Waals surface area contributed by atoms with E-state index in [0.29, 0.717) is 28.5 Å². The van der Waals surface area contributed by atoms with E-state index >= 15 is 0 Å². The summed E-state index contributed by atoms with van der Waals surface area (Å²) in [6.45, 7) is 0. The molecule has 3 heterocycles. The first kappa shape index (κ1) is 14.1. The number of aromatic hydroxyl groups is 1. The van der Waals surface area contributed by atoms with Crippen molar-refractivity contribution in [2.45, 2.75) is 6.42 Å². The van der Waals surface area contributed by atoms with Crippen LogP contribution in [0.3, 0.4) is 0 Å². The van der Waals surface area contributed by atoms with E-state index in [1.807, 2.05) is 0 Å². The second-order valence-electron chi connectivity index (χ2n) is 5.39. The number of nitrogens with two attached hydrogens (primary N) is 1. The van der Waals surface area contributed by atoms with Crippen LogP contribution in [0, 0.1) is 0 Å². The van der Waals surface area contributed by atoms with Gasteiger partial charge in [0.05, 0.1) is 0 Å². The highest BCUT2D eigenvalue weighted by atomic mass is 16.3.